The van der Waals surface area contributed by atoms with Gasteiger partial charge >= 0.3 is 5.97 Å². The molecular weight excluding hydrogens is 703 g/mol. The van der Waals surface area contributed by atoms with E-state index in [0.29, 0.717) is 49.7 Å². The number of ether oxygens (including phenoxy) is 2. The number of hydrogen-bond acceptors (Lipinski definition) is 10. The number of halogens is 2. The van der Waals surface area contributed by atoms with Crippen LogP contribution in [-0.2, 0) is 14.3 Å². The van der Waals surface area contributed by atoms with E-state index in [4.69, 9.17) is 37.5 Å². The lowest BCUT2D eigenvalue weighted by molar-refractivity contribution is -0.145. The number of likely N-dealkylation sites (tertiary alicyclic amines) is 1. The Hall–Kier alpha value is -5.31. The Labute approximate surface area is 311 Å². The van der Waals surface area contributed by atoms with Crippen molar-refractivity contribution in [3.05, 3.63) is 95.0 Å². The number of carbonyl (C=O) groups excluding carboxylic acids is 3. The van der Waals surface area contributed by atoms with Crippen molar-refractivity contribution in [1.82, 2.24) is 24.5 Å². The summed E-state index contributed by atoms with van der Waals surface area (Å²) in [6.45, 7) is 4.80. The molecule has 2 atom stereocenters. The number of nitrogens with zero attached hydrogens (tertiary/aromatic N) is 6. The zero-order chi connectivity index (χ0) is 37.5. The number of rotatable bonds is 12. The molecule has 3 aromatic carbocycles. The molecule has 2 saturated heterocycles. The van der Waals surface area contributed by atoms with E-state index in [9.17, 15) is 18.8 Å². The van der Waals surface area contributed by atoms with Gasteiger partial charge in [0.05, 0.1) is 42.7 Å². The molecule has 0 saturated carbocycles. The quantitative estimate of drug-likeness (QED) is 0.125. The second kappa shape index (κ2) is 17.0. The predicted octanol–water partition coefficient (Wildman–Crippen LogP) is 3.66. The molecule has 3 heterocycles. The van der Waals surface area contributed by atoms with E-state index in [1.165, 1.54) is 41.2 Å². The van der Waals surface area contributed by atoms with Crippen LogP contribution in [0.25, 0.3) is 16.8 Å². The highest BCUT2D eigenvalue weighted by atomic mass is 35.5. The van der Waals surface area contributed by atoms with Crippen molar-refractivity contribution in [2.24, 2.45) is 10.7 Å². The van der Waals surface area contributed by atoms with Gasteiger partial charge in [-0.2, -0.15) is 5.10 Å². The minimum absolute atomic E-state index is 0.105. The van der Waals surface area contributed by atoms with Crippen molar-refractivity contribution < 1.29 is 28.2 Å². The second-order valence-electron chi connectivity index (χ2n) is 12.9. The van der Waals surface area contributed by atoms with Crippen LogP contribution >= 0.6 is 11.6 Å². The van der Waals surface area contributed by atoms with Crippen LogP contribution < -0.4 is 16.2 Å². The van der Waals surface area contributed by atoms with Crippen LogP contribution in [0.5, 0.6) is 5.75 Å². The van der Waals surface area contributed by atoms with E-state index in [-0.39, 0.29) is 29.5 Å². The molecule has 2 amide bonds. The molecule has 2 aliphatic heterocycles. The molecule has 0 radical (unpaired) electrons. The lowest BCUT2D eigenvalue weighted by Crippen LogP contribution is -2.49. The predicted molar refractivity (Wildman–Crippen MR) is 200 cm³/mol. The summed E-state index contributed by atoms with van der Waals surface area (Å²) in [4.78, 5) is 48.9. The van der Waals surface area contributed by atoms with E-state index in [1.807, 2.05) is 47.4 Å². The zero-order valence-electron chi connectivity index (χ0n) is 29.4. The molecule has 1 aromatic heterocycles. The molecule has 0 aliphatic carbocycles. The van der Waals surface area contributed by atoms with Gasteiger partial charge in [-0.3, -0.25) is 19.5 Å². The summed E-state index contributed by atoms with van der Waals surface area (Å²) in [5.74, 6) is -0.831. The maximum atomic E-state index is 13.7. The van der Waals surface area contributed by atoms with E-state index < -0.39 is 29.8 Å². The topological polar surface area (TPSA) is 162 Å². The number of nitrogen functional groups attached to an aromatic ring is 1. The third kappa shape index (κ3) is 8.84. The van der Waals surface area contributed by atoms with Gasteiger partial charge in [0.1, 0.15) is 23.7 Å². The van der Waals surface area contributed by atoms with Crippen LogP contribution in [0, 0.1) is 5.82 Å². The van der Waals surface area contributed by atoms with Gasteiger partial charge in [-0.25, -0.2) is 13.9 Å². The monoisotopic (exact) mass is 744 g/mol. The summed E-state index contributed by atoms with van der Waals surface area (Å²) in [5, 5.41) is 4.37. The Bertz CT molecular complexity index is 1980. The third-order valence-corrected chi connectivity index (χ3v) is 9.72. The average Bonchev–Trinajstić information content (AvgIpc) is 3.82. The van der Waals surface area contributed by atoms with E-state index >= 15 is 0 Å². The van der Waals surface area contributed by atoms with Gasteiger partial charge in [-0.05, 0) is 47.5 Å². The molecule has 6 rings (SSSR count). The summed E-state index contributed by atoms with van der Waals surface area (Å²) < 4.78 is 26.4. The van der Waals surface area contributed by atoms with Crippen molar-refractivity contribution >= 4 is 41.3 Å². The number of aliphatic imine (C=N–C) groups is 1. The van der Waals surface area contributed by atoms with Crippen LogP contribution in [0.2, 0.25) is 5.02 Å². The fourth-order valence-corrected chi connectivity index (χ4v) is 6.88. The first-order valence-electron chi connectivity index (χ1n) is 17.4. The number of piperazine rings is 1. The Balaban J connectivity index is 1.11. The summed E-state index contributed by atoms with van der Waals surface area (Å²) in [7, 11) is 1.28. The number of carbonyl (C=O) groups is 3. The molecular formula is C38H42ClFN8O5. The van der Waals surface area contributed by atoms with E-state index in [2.05, 4.69) is 10.00 Å². The van der Waals surface area contributed by atoms with Crippen LogP contribution in [0.4, 0.5) is 10.1 Å². The standard InChI is InChI=1S/C38H42ClFN8O5/c1-52-38(51)35-20-29(24-47(35)37(50)26-21-44-48(23-26)34-9-8-27(40)19-32(34)39)53-28-5-2-4-25(18-28)30-6-3-7-33(42)31(30)22-43-12-13-45-14-16-46(17-15-45)36(49)10-11-41/h2-9,18-19,21-23,29,35H,10-17,20,24,41-42H2,1H3. The van der Waals surface area contributed by atoms with Crippen LogP contribution in [-0.4, -0.2) is 120 Å². The molecule has 0 spiro atoms. The molecule has 4 N–H and O–H groups in total. The van der Waals surface area contributed by atoms with Crippen LogP contribution in [0.1, 0.15) is 28.8 Å². The minimum atomic E-state index is -0.877. The second-order valence-corrected chi connectivity index (χ2v) is 13.3. The fourth-order valence-electron chi connectivity index (χ4n) is 6.63. The minimum Gasteiger partial charge on any atom is -0.488 e. The Kier molecular flexibility index (Phi) is 12.0. The number of hydrogen-bond donors (Lipinski definition) is 2. The molecule has 4 aromatic rings. The summed E-state index contributed by atoms with van der Waals surface area (Å²) in [6.07, 6.45) is 4.73. The van der Waals surface area contributed by atoms with Gasteiger partial charge < -0.3 is 30.7 Å². The van der Waals surface area contributed by atoms with Gasteiger partial charge in [-0.15, -0.1) is 0 Å². The normalized spacial score (nSPS) is 17.7. The first kappa shape index (κ1) is 37.4. The zero-order valence-corrected chi connectivity index (χ0v) is 30.1. The Morgan fingerprint density at radius 2 is 1.87 bits per heavy atom. The number of anilines is 1. The third-order valence-electron chi connectivity index (χ3n) is 9.42. The largest absolute Gasteiger partial charge is 0.488 e. The lowest BCUT2D eigenvalue weighted by atomic mass is 9.98. The fraction of sp³-hybridized carbons (Fsp3) is 0.342. The Morgan fingerprint density at radius 1 is 1.08 bits per heavy atom. The number of nitrogens with two attached hydrogens (primary N) is 2. The van der Waals surface area contributed by atoms with E-state index in [0.717, 1.165) is 42.4 Å². The molecule has 13 nitrogen and oxygen atoms in total. The van der Waals surface area contributed by atoms with Crippen molar-refractivity contribution in [3.8, 4) is 22.6 Å². The number of amides is 2. The van der Waals surface area contributed by atoms with E-state index in [1.54, 1.807) is 6.21 Å². The molecule has 2 fully saturated rings. The number of benzene rings is 3. The van der Waals surface area contributed by atoms with Crippen LogP contribution in [0.15, 0.2) is 78.0 Å². The molecule has 53 heavy (non-hydrogen) atoms. The summed E-state index contributed by atoms with van der Waals surface area (Å²) in [5.41, 5.74) is 15.7. The van der Waals surface area contributed by atoms with Gasteiger partial charge in [-0.1, -0.05) is 35.9 Å². The summed E-state index contributed by atoms with van der Waals surface area (Å²) >= 11 is 6.20. The molecule has 2 unspecified atom stereocenters. The van der Waals surface area contributed by atoms with Gasteiger partial charge in [0.25, 0.3) is 5.91 Å². The summed E-state index contributed by atoms with van der Waals surface area (Å²) in [6, 6.07) is 16.2. The molecule has 278 valence electrons. The Morgan fingerprint density at radius 3 is 2.62 bits per heavy atom. The number of methoxy groups -OCH3 is 1. The number of aromatic nitrogens is 2. The lowest BCUT2D eigenvalue weighted by Gasteiger charge is -2.34. The van der Waals surface area contributed by atoms with Crippen molar-refractivity contribution in [1.29, 1.82) is 0 Å². The van der Waals surface area contributed by atoms with Crippen LogP contribution in [0.3, 0.4) is 0 Å². The highest BCUT2D eigenvalue weighted by Gasteiger charge is 2.42. The maximum Gasteiger partial charge on any atom is 0.328 e. The van der Waals surface area contributed by atoms with Gasteiger partial charge in [0, 0.05) is 75.8 Å². The highest BCUT2D eigenvalue weighted by molar-refractivity contribution is 6.32. The van der Waals surface area contributed by atoms with Crippen molar-refractivity contribution in [3.63, 3.8) is 0 Å². The maximum absolute atomic E-state index is 13.7. The number of esters is 1. The molecule has 2 aliphatic rings. The smallest absolute Gasteiger partial charge is 0.328 e. The molecule has 0 bridgehead atoms. The SMILES string of the molecule is COC(=O)C1CC(Oc2cccc(-c3cccc(N)c3C=NCCN3CCN(C(=O)CCN)CC3)c2)CN1C(=O)c1cnn(-c2ccc(F)cc2Cl)c1. The van der Waals surface area contributed by atoms with Crippen molar-refractivity contribution in [2.45, 2.75) is 25.0 Å². The first-order valence-corrected chi connectivity index (χ1v) is 17.8. The van der Waals surface area contributed by atoms with Gasteiger partial charge in [0.2, 0.25) is 5.91 Å². The molecule has 15 heteroatoms. The highest BCUT2D eigenvalue weighted by Crippen LogP contribution is 2.32. The average molecular weight is 745 g/mol. The first-order chi connectivity index (χ1) is 25.6. The van der Waals surface area contributed by atoms with Gasteiger partial charge in [0.15, 0.2) is 0 Å². The van der Waals surface area contributed by atoms with Crippen molar-refractivity contribution in [2.75, 3.05) is 65.2 Å².